The molecule has 3 rings (SSSR count). The summed E-state index contributed by atoms with van der Waals surface area (Å²) in [5.74, 6) is 0.812. The minimum Gasteiger partial charge on any atom is -0.395 e. The molecule has 1 heterocycles. The van der Waals surface area contributed by atoms with Crippen molar-refractivity contribution in [3.05, 3.63) is 60.2 Å². The van der Waals surface area contributed by atoms with Crippen LogP contribution >= 0.6 is 0 Å². The first-order chi connectivity index (χ1) is 15.9. The maximum atomic E-state index is 12.4. The van der Waals surface area contributed by atoms with Crippen LogP contribution in [0.15, 0.2) is 59.5 Å². The van der Waals surface area contributed by atoms with Gasteiger partial charge in [-0.1, -0.05) is 36.4 Å². The van der Waals surface area contributed by atoms with Gasteiger partial charge >= 0.3 is 0 Å². The van der Waals surface area contributed by atoms with Crippen LogP contribution in [-0.4, -0.2) is 55.8 Å². The zero-order valence-electron chi connectivity index (χ0n) is 18.6. The number of hydrogen-bond donors (Lipinski definition) is 3. The minimum absolute atomic E-state index is 0.0161. The van der Waals surface area contributed by atoms with E-state index in [4.69, 9.17) is 4.18 Å². The zero-order valence-corrected chi connectivity index (χ0v) is 19.4. The Morgan fingerprint density at radius 2 is 1.70 bits per heavy atom. The van der Waals surface area contributed by atoms with Crippen molar-refractivity contribution in [1.82, 2.24) is 15.0 Å². The Hall–Kier alpha value is -3.54. The highest BCUT2D eigenvalue weighted by atomic mass is 32.2. The normalized spacial score (nSPS) is 11.5. The molecule has 174 valence electrons. The van der Waals surface area contributed by atoms with Crippen LogP contribution in [0, 0.1) is 0 Å². The molecule has 2 aromatic carbocycles. The maximum Gasteiger partial charge on any atom is 0.297 e. The molecule has 0 saturated heterocycles. The Bertz CT molecular complexity index is 1220. The van der Waals surface area contributed by atoms with Gasteiger partial charge in [0.15, 0.2) is 0 Å². The van der Waals surface area contributed by atoms with E-state index in [1.807, 2.05) is 30.3 Å². The summed E-state index contributed by atoms with van der Waals surface area (Å²) in [5.41, 5.74) is 1.73. The highest BCUT2D eigenvalue weighted by Gasteiger charge is 2.18. The van der Waals surface area contributed by atoms with E-state index in [-0.39, 0.29) is 23.4 Å². The molecule has 0 bridgehead atoms. The second kappa shape index (κ2) is 10.9. The number of nitrogens with zero attached hydrogens (tertiary/aromatic N) is 4. The van der Waals surface area contributed by atoms with Crippen molar-refractivity contribution in [2.24, 2.45) is 0 Å². The van der Waals surface area contributed by atoms with Gasteiger partial charge in [0.25, 0.3) is 10.1 Å². The van der Waals surface area contributed by atoms with E-state index in [2.05, 4.69) is 25.6 Å². The van der Waals surface area contributed by atoms with Crippen molar-refractivity contribution in [1.29, 1.82) is 0 Å². The van der Waals surface area contributed by atoms with E-state index in [1.165, 1.54) is 6.07 Å². The standard InChI is InChI=1S/C22H26N6O4S/c1-4-8-16-11-12-18(15-19(16)33(30,31)32-3)24-21-25-20(23-17-9-6-5-7-10-17)26-22(27-21)28(2)13-14-29/h4-12,15,29H,13-14H2,1-3H3,(H2,23,24,25,26,27). The summed E-state index contributed by atoms with van der Waals surface area (Å²) in [6.45, 7) is 2.05. The second-order valence-electron chi connectivity index (χ2n) is 6.92. The predicted molar refractivity (Wildman–Crippen MR) is 129 cm³/mol. The topological polar surface area (TPSA) is 130 Å². The van der Waals surface area contributed by atoms with Gasteiger partial charge in [0.05, 0.1) is 13.7 Å². The van der Waals surface area contributed by atoms with E-state index in [9.17, 15) is 13.5 Å². The molecule has 3 aromatic rings. The lowest BCUT2D eigenvalue weighted by molar-refractivity contribution is 0.303. The Morgan fingerprint density at radius 1 is 1.03 bits per heavy atom. The Balaban J connectivity index is 2.00. The Labute approximate surface area is 193 Å². The maximum absolute atomic E-state index is 12.4. The van der Waals surface area contributed by atoms with Gasteiger partial charge in [0.1, 0.15) is 4.90 Å². The number of rotatable bonds is 10. The number of aromatic nitrogens is 3. The van der Waals surface area contributed by atoms with Gasteiger partial charge in [-0.25, -0.2) is 0 Å². The summed E-state index contributed by atoms with van der Waals surface area (Å²) < 4.78 is 29.5. The molecule has 0 saturated carbocycles. The summed E-state index contributed by atoms with van der Waals surface area (Å²) in [6.07, 6.45) is 3.43. The SMILES string of the molecule is CC=Cc1ccc(Nc2nc(Nc3ccccc3)nc(N(C)CCO)n2)cc1S(=O)(=O)OC. The number of allylic oxidation sites excluding steroid dienone is 1. The average molecular weight is 471 g/mol. The van der Waals surface area contributed by atoms with Crippen molar-refractivity contribution in [3.63, 3.8) is 0 Å². The van der Waals surface area contributed by atoms with Crippen molar-refractivity contribution >= 4 is 45.4 Å². The van der Waals surface area contributed by atoms with Crippen molar-refractivity contribution in [2.45, 2.75) is 11.8 Å². The number of nitrogens with one attached hydrogen (secondary N) is 2. The molecule has 3 N–H and O–H groups in total. The summed E-state index contributed by atoms with van der Waals surface area (Å²) in [6, 6.07) is 14.2. The molecule has 0 aliphatic heterocycles. The van der Waals surface area contributed by atoms with Gasteiger partial charge in [-0.2, -0.15) is 23.4 Å². The summed E-state index contributed by atoms with van der Waals surface area (Å²) in [7, 11) is -1.07. The van der Waals surface area contributed by atoms with Crippen LogP contribution in [0.1, 0.15) is 12.5 Å². The number of hydrogen-bond acceptors (Lipinski definition) is 10. The average Bonchev–Trinajstić information content (AvgIpc) is 2.81. The molecule has 11 heteroatoms. The lowest BCUT2D eigenvalue weighted by atomic mass is 10.2. The number of aliphatic hydroxyl groups is 1. The summed E-state index contributed by atoms with van der Waals surface area (Å²) >= 11 is 0. The van der Waals surface area contributed by atoms with E-state index in [0.717, 1.165) is 12.8 Å². The third-order valence-electron chi connectivity index (χ3n) is 4.54. The predicted octanol–water partition coefficient (Wildman–Crippen LogP) is 3.16. The van der Waals surface area contributed by atoms with Gasteiger partial charge in [-0.15, -0.1) is 0 Å². The molecule has 0 amide bonds. The van der Waals surface area contributed by atoms with Crippen LogP contribution in [-0.2, 0) is 14.3 Å². The monoisotopic (exact) mass is 470 g/mol. The van der Waals surface area contributed by atoms with Gasteiger partial charge in [0, 0.05) is 25.0 Å². The van der Waals surface area contributed by atoms with Crippen LogP contribution in [0.5, 0.6) is 0 Å². The van der Waals surface area contributed by atoms with Crippen LogP contribution in [0.4, 0.5) is 29.2 Å². The highest BCUT2D eigenvalue weighted by Crippen LogP contribution is 2.26. The summed E-state index contributed by atoms with van der Waals surface area (Å²) in [5, 5.41) is 15.4. The van der Waals surface area contributed by atoms with E-state index in [0.29, 0.717) is 23.7 Å². The number of likely N-dealkylation sites (N-methyl/N-ethyl adjacent to an activating group) is 1. The van der Waals surface area contributed by atoms with E-state index < -0.39 is 10.1 Å². The quantitative estimate of drug-likeness (QED) is 0.380. The molecule has 0 fully saturated rings. The molecule has 10 nitrogen and oxygen atoms in total. The lowest BCUT2D eigenvalue weighted by Gasteiger charge is -2.18. The first-order valence-corrected chi connectivity index (χ1v) is 11.5. The van der Waals surface area contributed by atoms with Gasteiger partial charge in [0.2, 0.25) is 17.8 Å². The number of aliphatic hydroxyl groups excluding tert-OH is 1. The zero-order chi connectivity index (χ0) is 23.8. The number of anilines is 5. The molecule has 0 atom stereocenters. The van der Waals surface area contributed by atoms with E-state index in [1.54, 1.807) is 43.2 Å². The highest BCUT2D eigenvalue weighted by molar-refractivity contribution is 7.86. The molecule has 1 aromatic heterocycles. The van der Waals surface area contributed by atoms with Gasteiger partial charge in [-0.05, 0) is 36.8 Å². The van der Waals surface area contributed by atoms with Crippen molar-refractivity contribution < 1.29 is 17.7 Å². The molecule has 0 unspecified atom stereocenters. The first-order valence-electron chi connectivity index (χ1n) is 10.1. The fourth-order valence-corrected chi connectivity index (χ4v) is 3.79. The molecule has 0 radical (unpaired) electrons. The molecule has 0 spiro atoms. The number of benzene rings is 2. The van der Waals surface area contributed by atoms with Crippen LogP contribution in [0.3, 0.4) is 0 Å². The van der Waals surface area contributed by atoms with Crippen LogP contribution in [0.2, 0.25) is 0 Å². The van der Waals surface area contributed by atoms with Crippen LogP contribution in [0.25, 0.3) is 6.08 Å². The van der Waals surface area contributed by atoms with Gasteiger partial charge in [-0.3, -0.25) is 4.18 Å². The third-order valence-corrected chi connectivity index (χ3v) is 5.87. The fraction of sp³-hybridized carbons (Fsp3) is 0.227. The minimum atomic E-state index is -3.94. The fourth-order valence-electron chi connectivity index (χ4n) is 2.91. The second-order valence-corrected chi connectivity index (χ2v) is 8.60. The van der Waals surface area contributed by atoms with Crippen molar-refractivity contribution in [3.8, 4) is 0 Å². The molecular weight excluding hydrogens is 444 g/mol. The number of para-hydroxylation sites is 1. The summed E-state index contributed by atoms with van der Waals surface area (Å²) in [4.78, 5) is 14.9. The lowest BCUT2D eigenvalue weighted by Crippen LogP contribution is -2.24. The van der Waals surface area contributed by atoms with Gasteiger partial charge < -0.3 is 20.6 Å². The Kier molecular flexibility index (Phi) is 7.93. The van der Waals surface area contributed by atoms with E-state index >= 15 is 0 Å². The smallest absolute Gasteiger partial charge is 0.297 e. The molecule has 33 heavy (non-hydrogen) atoms. The van der Waals surface area contributed by atoms with Crippen molar-refractivity contribution in [2.75, 3.05) is 42.8 Å². The molecule has 0 aliphatic rings. The Morgan fingerprint density at radius 3 is 2.30 bits per heavy atom. The first kappa shape index (κ1) is 24.1. The molecule has 0 aliphatic carbocycles. The molecular formula is C22H26N6O4S. The van der Waals surface area contributed by atoms with Crippen LogP contribution < -0.4 is 15.5 Å². The third kappa shape index (κ3) is 6.25. The largest absolute Gasteiger partial charge is 0.395 e.